The molecular formula is C3H6N6O4S. The summed E-state index contributed by atoms with van der Waals surface area (Å²) in [5, 5.41) is 2.56. The van der Waals surface area contributed by atoms with E-state index < -0.39 is 16.1 Å². The summed E-state index contributed by atoms with van der Waals surface area (Å²) in [4.78, 5) is 14.0. The molecule has 78 valence electrons. The lowest BCUT2D eigenvalue weighted by Crippen LogP contribution is -1.87. The maximum Gasteiger partial charge on any atom is 0.396 e. The third kappa shape index (κ3) is 16.6. The molecule has 1 amide bonds. The average Bonchev–Trinajstić information content (AvgIpc) is 2.03. The summed E-state index contributed by atoms with van der Waals surface area (Å²) in [6.45, 7) is 0. The zero-order chi connectivity index (χ0) is 11.6. The highest BCUT2D eigenvalue weighted by molar-refractivity contribution is 7.89. The van der Waals surface area contributed by atoms with Gasteiger partial charge in [0.15, 0.2) is 0 Å². The van der Waals surface area contributed by atoms with Gasteiger partial charge in [0.1, 0.15) is 0 Å². The van der Waals surface area contributed by atoms with Gasteiger partial charge >= 0.3 is 6.09 Å². The molecular weight excluding hydrogens is 216 g/mol. The van der Waals surface area contributed by atoms with E-state index in [4.69, 9.17) is 11.1 Å². The molecule has 0 saturated carbocycles. The van der Waals surface area contributed by atoms with Crippen LogP contribution >= 0.6 is 0 Å². The molecule has 0 saturated heterocycles. The molecule has 0 aromatic carbocycles. The maximum absolute atomic E-state index is 9.81. The van der Waals surface area contributed by atoms with Gasteiger partial charge in [-0.1, -0.05) is 0 Å². The van der Waals surface area contributed by atoms with E-state index in [0.717, 1.165) is 13.4 Å². The number of sulfonamides is 1. The lowest BCUT2D eigenvalue weighted by atomic mass is 11.2. The second-order valence-corrected chi connectivity index (χ2v) is 3.19. The number of carbonyl (C=O) groups excluding carboxylic acids is 1. The number of ether oxygens (including phenoxy) is 1. The monoisotopic (exact) mass is 222 g/mol. The van der Waals surface area contributed by atoms with E-state index >= 15 is 0 Å². The summed E-state index contributed by atoms with van der Waals surface area (Å²) in [5.41, 5.74) is 15.0. The lowest BCUT2D eigenvalue weighted by molar-refractivity contribution is 0.182. The summed E-state index contributed by atoms with van der Waals surface area (Å²) >= 11 is 0. The van der Waals surface area contributed by atoms with Crippen molar-refractivity contribution in [3.63, 3.8) is 0 Å². The minimum atomic E-state index is -3.47. The van der Waals surface area contributed by atoms with E-state index in [9.17, 15) is 13.2 Å². The molecule has 0 N–H and O–H groups in total. The molecule has 0 aliphatic heterocycles. The molecule has 14 heavy (non-hydrogen) atoms. The number of nitrogens with zero attached hydrogens (tertiary/aromatic N) is 6. The Kier molecular flexibility index (Phi) is 7.98. The maximum atomic E-state index is 9.81. The Labute approximate surface area is 78.8 Å². The van der Waals surface area contributed by atoms with Crippen LogP contribution in [0.15, 0.2) is 9.63 Å². The summed E-state index contributed by atoms with van der Waals surface area (Å²) in [6, 6.07) is 0. The van der Waals surface area contributed by atoms with Crippen molar-refractivity contribution in [1.82, 2.24) is 0 Å². The predicted molar refractivity (Wildman–Crippen MR) is 45.5 cm³/mol. The summed E-state index contributed by atoms with van der Waals surface area (Å²) in [5.74, 6) is 0. The van der Waals surface area contributed by atoms with Crippen molar-refractivity contribution in [3.8, 4) is 0 Å². The van der Waals surface area contributed by atoms with Gasteiger partial charge in [-0.3, -0.25) is 0 Å². The number of carbonyl (C=O) groups is 1. The first-order valence-corrected chi connectivity index (χ1v) is 4.61. The van der Waals surface area contributed by atoms with Crippen molar-refractivity contribution in [2.75, 3.05) is 13.4 Å². The first-order valence-electron chi connectivity index (χ1n) is 2.76. The Morgan fingerprint density at radius 3 is 1.93 bits per heavy atom. The van der Waals surface area contributed by atoms with E-state index in [-0.39, 0.29) is 0 Å². The smallest absolute Gasteiger partial charge is 0.396 e. The molecule has 0 spiro atoms. The fourth-order valence-electron chi connectivity index (χ4n) is 0.144. The molecule has 0 heterocycles. The fraction of sp³-hybridized carbons (Fsp3) is 0.667. The third-order valence-corrected chi connectivity index (χ3v) is 0.855. The van der Waals surface area contributed by atoms with E-state index in [1.165, 1.54) is 0 Å². The highest BCUT2D eigenvalue weighted by atomic mass is 32.2. The minimum Gasteiger partial charge on any atom is -0.464 e. The number of amides is 1. The van der Waals surface area contributed by atoms with Crippen LogP contribution in [-0.4, -0.2) is 27.9 Å². The van der Waals surface area contributed by atoms with Crippen LogP contribution in [-0.2, 0) is 14.8 Å². The van der Waals surface area contributed by atoms with Crippen molar-refractivity contribution >= 4 is 16.1 Å². The van der Waals surface area contributed by atoms with Crippen molar-refractivity contribution < 1.29 is 17.9 Å². The highest BCUT2D eigenvalue weighted by Gasteiger charge is 1.90. The molecule has 0 aliphatic carbocycles. The van der Waals surface area contributed by atoms with E-state index in [1.807, 2.05) is 4.91 Å². The molecule has 0 aromatic heterocycles. The predicted octanol–water partition coefficient (Wildman–Crippen LogP) is 1.32. The highest BCUT2D eigenvalue weighted by Crippen LogP contribution is 1.80. The molecule has 0 rings (SSSR count). The molecule has 0 aliphatic rings. The van der Waals surface area contributed by atoms with Crippen LogP contribution in [0.2, 0.25) is 0 Å². The Morgan fingerprint density at radius 2 is 1.86 bits per heavy atom. The normalized spacial score (nSPS) is 8.14. The lowest BCUT2D eigenvalue weighted by Gasteiger charge is -1.81. The van der Waals surface area contributed by atoms with Crippen LogP contribution in [0, 0.1) is 0 Å². The molecule has 0 bridgehead atoms. The molecule has 0 unspecified atom stereocenters. The number of azide groups is 2. The van der Waals surface area contributed by atoms with Gasteiger partial charge in [-0.25, -0.2) is 13.2 Å². The van der Waals surface area contributed by atoms with Crippen LogP contribution in [0.25, 0.3) is 20.9 Å². The molecule has 0 atom stereocenters. The first-order chi connectivity index (χ1) is 6.37. The van der Waals surface area contributed by atoms with E-state index in [2.05, 4.69) is 19.3 Å². The van der Waals surface area contributed by atoms with Crippen molar-refractivity contribution in [3.05, 3.63) is 20.9 Å². The molecule has 0 fully saturated rings. The van der Waals surface area contributed by atoms with Gasteiger partial charge in [-0.2, -0.15) is 0 Å². The Morgan fingerprint density at radius 1 is 1.36 bits per heavy atom. The minimum absolute atomic E-state index is 0.826. The average molecular weight is 222 g/mol. The third-order valence-electron chi connectivity index (χ3n) is 0.486. The van der Waals surface area contributed by atoms with Crippen LogP contribution < -0.4 is 0 Å². The summed E-state index contributed by atoms with van der Waals surface area (Å²) in [7, 11) is -2.33. The summed E-state index contributed by atoms with van der Waals surface area (Å²) < 4.78 is 26.0. The largest absolute Gasteiger partial charge is 0.464 e. The number of rotatable bonds is 1. The molecule has 10 nitrogen and oxygen atoms in total. The zero-order valence-corrected chi connectivity index (χ0v) is 8.04. The molecule has 0 aromatic rings. The Bertz CT molecular complexity index is 374. The van der Waals surface area contributed by atoms with Gasteiger partial charge in [-0.05, 0) is 11.1 Å². The number of hydrogen-bond acceptors (Lipinski definition) is 4. The van der Waals surface area contributed by atoms with Crippen LogP contribution in [0.5, 0.6) is 0 Å². The summed E-state index contributed by atoms with van der Waals surface area (Å²) in [6.07, 6.45) is -0.0882. The second-order valence-electron chi connectivity index (χ2n) is 1.56. The topological polar surface area (TPSA) is 158 Å². The fourth-order valence-corrected chi connectivity index (χ4v) is 0.276. The molecule has 0 radical (unpaired) electrons. The van der Waals surface area contributed by atoms with Crippen molar-refractivity contribution in [2.45, 2.75) is 0 Å². The van der Waals surface area contributed by atoms with Crippen molar-refractivity contribution in [1.29, 1.82) is 0 Å². The SMILES string of the molecule is COC(=O)N=[N+]=[N-].CS(=O)(=O)N=[N+]=[N-]. The number of hydrogen-bond donors (Lipinski definition) is 0. The van der Waals surface area contributed by atoms with Gasteiger partial charge in [0.25, 0.3) is 0 Å². The van der Waals surface area contributed by atoms with Gasteiger partial charge in [0.05, 0.1) is 7.11 Å². The quantitative estimate of drug-likeness (QED) is 0.372. The van der Waals surface area contributed by atoms with Crippen LogP contribution in [0.4, 0.5) is 4.79 Å². The van der Waals surface area contributed by atoms with Crippen LogP contribution in [0.3, 0.4) is 0 Å². The van der Waals surface area contributed by atoms with E-state index in [1.54, 1.807) is 0 Å². The van der Waals surface area contributed by atoms with E-state index in [0.29, 0.717) is 0 Å². The first kappa shape index (κ1) is 14.6. The van der Waals surface area contributed by atoms with Gasteiger partial charge < -0.3 is 4.74 Å². The molecule has 11 heteroatoms. The van der Waals surface area contributed by atoms with Crippen molar-refractivity contribution in [2.24, 2.45) is 9.63 Å². The van der Waals surface area contributed by atoms with Gasteiger partial charge in [0, 0.05) is 25.7 Å². The Hall–Kier alpha value is -1.96. The standard InChI is InChI=1S/C2H3N3O2.CH3N3O2S/c1-7-2(6)4-5-3;1-7(5,6)4-3-2/h2*1H3. The number of methoxy groups -OCH3 is 1. The van der Waals surface area contributed by atoms with Gasteiger partial charge in [0.2, 0.25) is 10.0 Å². The van der Waals surface area contributed by atoms with Crippen LogP contribution in [0.1, 0.15) is 0 Å². The zero-order valence-electron chi connectivity index (χ0n) is 7.22. The Balaban J connectivity index is 0. The van der Waals surface area contributed by atoms with Gasteiger partial charge in [-0.15, -0.1) is 0 Å². The second kappa shape index (κ2) is 7.68.